The summed E-state index contributed by atoms with van der Waals surface area (Å²) in [5.41, 5.74) is 0.357. The van der Waals surface area contributed by atoms with Crippen LogP contribution in [0.2, 0.25) is 0 Å². The number of carboxylic acids is 1. The van der Waals surface area contributed by atoms with Crippen LogP contribution in [-0.2, 0) is 0 Å². The Morgan fingerprint density at radius 1 is 1.24 bits per heavy atom. The lowest BCUT2D eigenvalue weighted by Crippen LogP contribution is -2.15. The Morgan fingerprint density at radius 2 is 1.95 bits per heavy atom. The van der Waals surface area contributed by atoms with E-state index >= 15 is 0 Å². The molecule has 1 heterocycles. The molecule has 1 aromatic carbocycles. The predicted octanol–water partition coefficient (Wildman–Crippen LogP) is 2.80. The summed E-state index contributed by atoms with van der Waals surface area (Å²) < 4.78 is 5.89. The maximum absolute atomic E-state index is 12.1. The molecule has 6 nitrogen and oxygen atoms in total. The number of pyridine rings is 1. The summed E-state index contributed by atoms with van der Waals surface area (Å²) in [4.78, 5) is 26.7. The van der Waals surface area contributed by atoms with E-state index in [1.165, 1.54) is 25.3 Å². The Balaban J connectivity index is 2.22. The number of aromatic nitrogens is 1. The molecule has 2 N–H and O–H groups in total. The van der Waals surface area contributed by atoms with Crippen molar-refractivity contribution in [1.82, 2.24) is 4.98 Å². The van der Waals surface area contributed by atoms with Crippen LogP contribution >= 0.6 is 15.9 Å². The molecule has 0 aliphatic carbocycles. The van der Waals surface area contributed by atoms with Gasteiger partial charge in [0.05, 0.1) is 11.6 Å². The molecule has 1 amide bonds. The van der Waals surface area contributed by atoms with Crippen molar-refractivity contribution in [1.29, 1.82) is 0 Å². The number of benzene rings is 1. The highest BCUT2D eigenvalue weighted by atomic mass is 79.9. The van der Waals surface area contributed by atoms with Crippen LogP contribution in [0.4, 0.5) is 5.69 Å². The molecule has 0 saturated carbocycles. The van der Waals surface area contributed by atoms with Crippen LogP contribution in [0, 0.1) is 0 Å². The number of amides is 1. The van der Waals surface area contributed by atoms with Crippen molar-refractivity contribution in [2.24, 2.45) is 0 Å². The molecule has 2 rings (SSSR count). The monoisotopic (exact) mass is 350 g/mol. The van der Waals surface area contributed by atoms with Gasteiger partial charge in [0.1, 0.15) is 17.1 Å². The zero-order valence-electron chi connectivity index (χ0n) is 11.0. The van der Waals surface area contributed by atoms with Gasteiger partial charge < -0.3 is 15.2 Å². The SMILES string of the molecule is COc1cc(NC(=O)c2cccc(C(=O)O)n2)ccc1Br. The van der Waals surface area contributed by atoms with Crippen LogP contribution in [0.3, 0.4) is 0 Å². The fourth-order valence-electron chi connectivity index (χ4n) is 1.61. The summed E-state index contributed by atoms with van der Waals surface area (Å²) in [5, 5.41) is 11.5. The van der Waals surface area contributed by atoms with Crippen molar-refractivity contribution in [3.63, 3.8) is 0 Å². The van der Waals surface area contributed by atoms with Crippen LogP contribution in [0.1, 0.15) is 21.0 Å². The Bertz CT molecular complexity index is 703. The Labute approximate surface area is 128 Å². The zero-order chi connectivity index (χ0) is 15.4. The van der Waals surface area contributed by atoms with Crippen molar-refractivity contribution < 1.29 is 19.4 Å². The predicted molar refractivity (Wildman–Crippen MR) is 79.8 cm³/mol. The summed E-state index contributed by atoms with van der Waals surface area (Å²) in [7, 11) is 1.52. The van der Waals surface area contributed by atoms with Crippen molar-refractivity contribution in [3.05, 3.63) is 52.3 Å². The molecule has 0 saturated heterocycles. The lowest BCUT2D eigenvalue weighted by atomic mass is 10.2. The molecule has 0 atom stereocenters. The standard InChI is InChI=1S/C14H11BrN2O4/c1-21-12-7-8(5-6-9(12)15)16-13(18)10-3-2-4-11(17-10)14(19)20/h2-7H,1H3,(H,16,18)(H,19,20). The van der Waals surface area contributed by atoms with E-state index in [2.05, 4.69) is 26.2 Å². The fourth-order valence-corrected chi connectivity index (χ4v) is 2.02. The third-order valence-corrected chi connectivity index (χ3v) is 3.26. The minimum atomic E-state index is -1.19. The number of anilines is 1. The van der Waals surface area contributed by atoms with Crippen molar-refractivity contribution in [3.8, 4) is 5.75 Å². The third kappa shape index (κ3) is 3.57. The van der Waals surface area contributed by atoms with Gasteiger partial charge in [0.2, 0.25) is 0 Å². The molecule has 7 heteroatoms. The first-order valence-corrected chi connectivity index (χ1v) is 6.66. The number of halogens is 1. The second-order valence-corrected chi connectivity index (χ2v) is 4.87. The minimum Gasteiger partial charge on any atom is -0.495 e. The molecule has 0 radical (unpaired) electrons. The first kappa shape index (κ1) is 15.0. The number of ether oxygens (including phenoxy) is 1. The highest BCUT2D eigenvalue weighted by Crippen LogP contribution is 2.27. The van der Waals surface area contributed by atoms with Crippen molar-refractivity contribution in [2.45, 2.75) is 0 Å². The second kappa shape index (κ2) is 6.36. The molecular weight excluding hydrogens is 340 g/mol. The molecule has 0 bridgehead atoms. The molecule has 0 aliphatic rings. The number of hydrogen-bond donors (Lipinski definition) is 2. The summed E-state index contributed by atoms with van der Waals surface area (Å²) >= 11 is 3.31. The molecule has 21 heavy (non-hydrogen) atoms. The highest BCUT2D eigenvalue weighted by Gasteiger charge is 2.12. The van der Waals surface area contributed by atoms with Gasteiger partial charge in [0.15, 0.2) is 0 Å². The lowest BCUT2D eigenvalue weighted by Gasteiger charge is -2.08. The number of aromatic carboxylic acids is 1. The van der Waals surface area contributed by atoms with E-state index in [1.807, 2.05) is 0 Å². The molecule has 0 unspecified atom stereocenters. The topological polar surface area (TPSA) is 88.5 Å². The average molecular weight is 351 g/mol. The van der Waals surface area contributed by atoms with E-state index in [-0.39, 0.29) is 11.4 Å². The number of carbonyl (C=O) groups excluding carboxylic acids is 1. The average Bonchev–Trinajstić information content (AvgIpc) is 2.49. The highest BCUT2D eigenvalue weighted by molar-refractivity contribution is 9.10. The zero-order valence-corrected chi connectivity index (χ0v) is 12.5. The number of rotatable bonds is 4. The second-order valence-electron chi connectivity index (χ2n) is 4.02. The first-order chi connectivity index (χ1) is 10.0. The number of nitrogens with one attached hydrogen (secondary N) is 1. The Kier molecular flexibility index (Phi) is 4.54. The Hall–Kier alpha value is -2.41. The lowest BCUT2D eigenvalue weighted by molar-refractivity contribution is 0.0690. The fraction of sp³-hybridized carbons (Fsp3) is 0.0714. The van der Waals surface area contributed by atoms with Gasteiger partial charge in [-0.2, -0.15) is 0 Å². The minimum absolute atomic E-state index is 0.0248. The van der Waals surface area contributed by atoms with E-state index in [1.54, 1.807) is 18.2 Å². The van der Waals surface area contributed by atoms with Crippen LogP contribution in [0.15, 0.2) is 40.9 Å². The molecule has 0 fully saturated rings. The Morgan fingerprint density at radius 3 is 2.62 bits per heavy atom. The maximum Gasteiger partial charge on any atom is 0.354 e. The number of methoxy groups -OCH3 is 1. The molecule has 108 valence electrons. The van der Waals surface area contributed by atoms with Crippen LogP contribution < -0.4 is 10.1 Å². The van der Waals surface area contributed by atoms with Crippen LogP contribution in [-0.4, -0.2) is 29.1 Å². The summed E-state index contributed by atoms with van der Waals surface area (Å²) in [6.45, 7) is 0. The summed E-state index contributed by atoms with van der Waals surface area (Å²) in [5.74, 6) is -1.11. The number of nitrogens with zero attached hydrogens (tertiary/aromatic N) is 1. The normalized spacial score (nSPS) is 10.0. The van der Waals surface area contributed by atoms with E-state index in [0.717, 1.165) is 4.47 Å². The largest absolute Gasteiger partial charge is 0.495 e. The first-order valence-electron chi connectivity index (χ1n) is 5.86. The van der Waals surface area contributed by atoms with Crippen LogP contribution in [0.5, 0.6) is 5.75 Å². The molecule has 0 spiro atoms. The van der Waals surface area contributed by atoms with E-state index in [0.29, 0.717) is 11.4 Å². The van der Waals surface area contributed by atoms with Crippen LogP contribution in [0.25, 0.3) is 0 Å². The van der Waals surface area contributed by atoms with E-state index < -0.39 is 11.9 Å². The number of carboxylic acid groups (broad SMARTS) is 1. The van der Waals surface area contributed by atoms with Gasteiger partial charge in [0.25, 0.3) is 5.91 Å². The van der Waals surface area contributed by atoms with Gasteiger partial charge in [-0.3, -0.25) is 4.79 Å². The number of carbonyl (C=O) groups is 2. The quantitative estimate of drug-likeness (QED) is 0.884. The smallest absolute Gasteiger partial charge is 0.354 e. The van der Waals surface area contributed by atoms with Crippen molar-refractivity contribution >= 4 is 33.5 Å². The number of hydrogen-bond acceptors (Lipinski definition) is 4. The van der Waals surface area contributed by atoms with Gasteiger partial charge in [-0.05, 0) is 40.2 Å². The van der Waals surface area contributed by atoms with Gasteiger partial charge >= 0.3 is 5.97 Å². The van der Waals surface area contributed by atoms with Gasteiger partial charge in [-0.1, -0.05) is 6.07 Å². The van der Waals surface area contributed by atoms with Gasteiger partial charge in [0, 0.05) is 11.8 Å². The maximum atomic E-state index is 12.1. The third-order valence-electron chi connectivity index (χ3n) is 2.61. The van der Waals surface area contributed by atoms with E-state index in [9.17, 15) is 9.59 Å². The molecular formula is C14H11BrN2O4. The molecule has 2 aromatic rings. The summed E-state index contributed by atoms with van der Waals surface area (Å²) in [6.07, 6.45) is 0. The molecule has 1 aromatic heterocycles. The van der Waals surface area contributed by atoms with E-state index in [4.69, 9.17) is 9.84 Å². The molecule has 0 aliphatic heterocycles. The summed E-state index contributed by atoms with van der Waals surface area (Å²) in [6, 6.07) is 9.29. The van der Waals surface area contributed by atoms with Crippen molar-refractivity contribution in [2.75, 3.05) is 12.4 Å². The van der Waals surface area contributed by atoms with Gasteiger partial charge in [-0.15, -0.1) is 0 Å². The van der Waals surface area contributed by atoms with Gasteiger partial charge in [-0.25, -0.2) is 9.78 Å².